The van der Waals surface area contributed by atoms with E-state index in [9.17, 15) is 9.59 Å². The Morgan fingerprint density at radius 1 is 1.44 bits per heavy atom. The molecule has 6 heteroatoms. The number of ether oxygens (including phenoxy) is 1. The van der Waals surface area contributed by atoms with Gasteiger partial charge in [0.1, 0.15) is 4.88 Å². The first-order valence-corrected chi connectivity index (χ1v) is 6.49. The second-order valence-electron chi connectivity index (χ2n) is 4.37. The highest BCUT2D eigenvalue weighted by Crippen LogP contribution is 2.28. The van der Waals surface area contributed by atoms with E-state index < -0.39 is 12.0 Å². The van der Waals surface area contributed by atoms with Gasteiger partial charge in [0.05, 0.1) is 18.8 Å². The minimum atomic E-state index is -0.602. The van der Waals surface area contributed by atoms with E-state index in [2.05, 4.69) is 10.1 Å². The Kier molecular flexibility index (Phi) is 4.86. The number of rotatable bonds is 4. The molecule has 1 heterocycles. The van der Waals surface area contributed by atoms with Gasteiger partial charge in [0, 0.05) is 0 Å². The summed E-state index contributed by atoms with van der Waals surface area (Å²) in [6, 6.07) is -0.602. The molecule has 0 aliphatic heterocycles. The summed E-state index contributed by atoms with van der Waals surface area (Å²) in [5.41, 5.74) is 7.08. The summed E-state index contributed by atoms with van der Waals surface area (Å²) in [7, 11) is 1.31. The van der Waals surface area contributed by atoms with Gasteiger partial charge in [0.2, 0.25) is 5.91 Å². The molecule has 0 aromatic carbocycles. The SMILES string of the molecule is COC(=O)c1scc(C)c1NC(=O)[C@H](N)C(C)C. The van der Waals surface area contributed by atoms with Crippen molar-refractivity contribution in [2.45, 2.75) is 26.8 Å². The van der Waals surface area contributed by atoms with Crippen molar-refractivity contribution in [2.24, 2.45) is 11.7 Å². The molecule has 0 saturated heterocycles. The van der Waals surface area contributed by atoms with Crippen LogP contribution in [0.25, 0.3) is 0 Å². The highest BCUT2D eigenvalue weighted by Gasteiger charge is 2.22. The van der Waals surface area contributed by atoms with E-state index in [4.69, 9.17) is 5.73 Å². The fourth-order valence-electron chi connectivity index (χ4n) is 1.35. The van der Waals surface area contributed by atoms with E-state index in [1.807, 2.05) is 20.8 Å². The molecule has 3 N–H and O–H groups in total. The number of amides is 1. The van der Waals surface area contributed by atoms with Crippen LogP contribution in [-0.4, -0.2) is 25.0 Å². The van der Waals surface area contributed by atoms with Crippen LogP contribution in [0.4, 0.5) is 5.69 Å². The second-order valence-corrected chi connectivity index (χ2v) is 5.25. The van der Waals surface area contributed by atoms with Crippen molar-refractivity contribution in [1.29, 1.82) is 0 Å². The molecule has 1 aromatic heterocycles. The molecule has 1 rings (SSSR count). The topological polar surface area (TPSA) is 81.4 Å². The number of esters is 1. The standard InChI is InChI=1S/C12H18N2O3S/c1-6(2)8(13)11(15)14-9-7(3)5-18-10(9)12(16)17-4/h5-6,8H,13H2,1-4H3,(H,14,15)/t8-/m1/s1. The zero-order valence-corrected chi connectivity index (χ0v) is 11.8. The van der Waals surface area contributed by atoms with Gasteiger partial charge < -0.3 is 15.8 Å². The van der Waals surface area contributed by atoms with E-state index in [1.54, 1.807) is 5.38 Å². The molecule has 0 aliphatic carbocycles. The zero-order valence-electron chi connectivity index (χ0n) is 10.9. The second kappa shape index (κ2) is 5.97. The predicted octanol–water partition coefficient (Wildman–Crippen LogP) is 1.76. The summed E-state index contributed by atoms with van der Waals surface area (Å²) >= 11 is 1.24. The van der Waals surface area contributed by atoms with Gasteiger partial charge >= 0.3 is 5.97 Å². The van der Waals surface area contributed by atoms with Gasteiger partial charge in [-0.3, -0.25) is 4.79 Å². The van der Waals surface area contributed by atoms with Crippen LogP contribution in [0.15, 0.2) is 5.38 Å². The van der Waals surface area contributed by atoms with Gasteiger partial charge in [0.25, 0.3) is 0 Å². The van der Waals surface area contributed by atoms with Crippen LogP contribution in [0.2, 0.25) is 0 Å². The summed E-state index contributed by atoms with van der Waals surface area (Å²) in [5, 5.41) is 4.50. The first-order chi connectivity index (χ1) is 8.38. The largest absolute Gasteiger partial charge is 0.465 e. The highest BCUT2D eigenvalue weighted by molar-refractivity contribution is 7.12. The zero-order chi connectivity index (χ0) is 13.9. The molecule has 0 bridgehead atoms. The van der Waals surface area contributed by atoms with Crippen LogP contribution in [-0.2, 0) is 9.53 Å². The molecule has 5 nitrogen and oxygen atoms in total. The summed E-state index contributed by atoms with van der Waals surface area (Å²) < 4.78 is 4.67. The first-order valence-electron chi connectivity index (χ1n) is 5.61. The third-order valence-corrected chi connectivity index (χ3v) is 3.69. The van der Waals surface area contributed by atoms with E-state index in [-0.39, 0.29) is 11.8 Å². The van der Waals surface area contributed by atoms with Crippen LogP contribution in [0.1, 0.15) is 29.1 Å². The van der Waals surface area contributed by atoms with Gasteiger partial charge in [-0.1, -0.05) is 13.8 Å². The van der Waals surface area contributed by atoms with Crippen molar-refractivity contribution in [3.05, 3.63) is 15.8 Å². The Balaban J connectivity index is 2.94. The Hall–Kier alpha value is -1.40. The maximum atomic E-state index is 11.9. The van der Waals surface area contributed by atoms with Gasteiger partial charge in [-0.2, -0.15) is 0 Å². The molecular weight excluding hydrogens is 252 g/mol. The number of aryl methyl sites for hydroxylation is 1. The summed E-state index contributed by atoms with van der Waals surface area (Å²) in [5.74, 6) is -0.719. The molecule has 0 fully saturated rings. The van der Waals surface area contributed by atoms with E-state index >= 15 is 0 Å². The molecule has 1 atom stereocenters. The van der Waals surface area contributed by atoms with Gasteiger partial charge in [-0.15, -0.1) is 11.3 Å². The summed E-state index contributed by atoms with van der Waals surface area (Å²) in [4.78, 5) is 23.8. The number of methoxy groups -OCH3 is 1. The smallest absolute Gasteiger partial charge is 0.350 e. The number of hydrogen-bond acceptors (Lipinski definition) is 5. The van der Waals surface area contributed by atoms with Gasteiger partial charge in [-0.25, -0.2) is 4.79 Å². The first kappa shape index (κ1) is 14.7. The van der Waals surface area contributed by atoms with Crippen molar-refractivity contribution in [3.63, 3.8) is 0 Å². The molecule has 1 aromatic rings. The summed E-state index contributed by atoms with van der Waals surface area (Å²) in [6.07, 6.45) is 0. The van der Waals surface area contributed by atoms with Crippen molar-refractivity contribution in [3.8, 4) is 0 Å². The third-order valence-electron chi connectivity index (χ3n) is 2.61. The van der Waals surface area contributed by atoms with Crippen LogP contribution < -0.4 is 11.1 Å². The van der Waals surface area contributed by atoms with Crippen LogP contribution in [0.3, 0.4) is 0 Å². The van der Waals surface area contributed by atoms with Crippen LogP contribution in [0, 0.1) is 12.8 Å². The van der Waals surface area contributed by atoms with Crippen molar-refractivity contribution < 1.29 is 14.3 Å². The summed E-state index contributed by atoms with van der Waals surface area (Å²) in [6.45, 7) is 5.55. The number of carbonyl (C=O) groups is 2. The molecule has 0 saturated carbocycles. The van der Waals surface area contributed by atoms with E-state index in [0.717, 1.165) is 5.56 Å². The van der Waals surface area contributed by atoms with Crippen molar-refractivity contribution in [2.75, 3.05) is 12.4 Å². The van der Waals surface area contributed by atoms with E-state index in [1.165, 1.54) is 18.4 Å². The molecule has 0 radical (unpaired) electrons. The number of anilines is 1. The lowest BCUT2D eigenvalue weighted by molar-refractivity contribution is -0.118. The molecule has 0 aliphatic rings. The van der Waals surface area contributed by atoms with Crippen LogP contribution in [0.5, 0.6) is 0 Å². The molecule has 100 valence electrons. The minimum absolute atomic E-state index is 0.0329. The van der Waals surface area contributed by atoms with Crippen molar-refractivity contribution in [1.82, 2.24) is 0 Å². The number of nitrogens with one attached hydrogen (secondary N) is 1. The fraction of sp³-hybridized carbons (Fsp3) is 0.500. The maximum absolute atomic E-state index is 11.9. The molecule has 0 unspecified atom stereocenters. The highest BCUT2D eigenvalue weighted by atomic mass is 32.1. The van der Waals surface area contributed by atoms with Crippen LogP contribution >= 0.6 is 11.3 Å². The number of thiophene rings is 1. The fourth-order valence-corrected chi connectivity index (χ4v) is 2.27. The minimum Gasteiger partial charge on any atom is -0.465 e. The lowest BCUT2D eigenvalue weighted by atomic mass is 10.0. The lowest BCUT2D eigenvalue weighted by Gasteiger charge is -2.15. The molecule has 1 amide bonds. The van der Waals surface area contributed by atoms with E-state index in [0.29, 0.717) is 10.6 Å². The number of nitrogens with two attached hydrogens (primary N) is 1. The molecular formula is C12H18N2O3S. The maximum Gasteiger partial charge on any atom is 0.350 e. The average Bonchev–Trinajstić information content (AvgIpc) is 2.69. The Labute approximate surface area is 110 Å². The predicted molar refractivity (Wildman–Crippen MR) is 71.8 cm³/mol. The molecule has 18 heavy (non-hydrogen) atoms. The molecule has 0 spiro atoms. The Morgan fingerprint density at radius 2 is 2.06 bits per heavy atom. The monoisotopic (exact) mass is 270 g/mol. The lowest BCUT2D eigenvalue weighted by Crippen LogP contribution is -2.40. The van der Waals surface area contributed by atoms with Gasteiger partial charge in [-0.05, 0) is 23.8 Å². The average molecular weight is 270 g/mol. The van der Waals surface area contributed by atoms with Gasteiger partial charge in [0.15, 0.2) is 0 Å². The Morgan fingerprint density at radius 3 is 2.56 bits per heavy atom. The normalized spacial score (nSPS) is 12.3. The quantitative estimate of drug-likeness (QED) is 0.817. The van der Waals surface area contributed by atoms with Crippen molar-refractivity contribution >= 4 is 28.9 Å². The third kappa shape index (κ3) is 3.08. The number of hydrogen-bond donors (Lipinski definition) is 2. The number of carbonyl (C=O) groups excluding carboxylic acids is 2. The Bertz CT molecular complexity index is 454.